The first-order valence-corrected chi connectivity index (χ1v) is 5.43. The van der Waals surface area contributed by atoms with Gasteiger partial charge in [-0.2, -0.15) is 0 Å². The average molecular weight is 226 g/mol. The summed E-state index contributed by atoms with van der Waals surface area (Å²) in [5.74, 6) is 0.823. The van der Waals surface area contributed by atoms with Gasteiger partial charge < -0.3 is 0 Å². The van der Waals surface area contributed by atoms with Gasteiger partial charge in [-0.1, -0.05) is 0 Å². The Kier molecular flexibility index (Phi) is 1.29. The Labute approximate surface area is 74.6 Å². The van der Waals surface area contributed by atoms with Gasteiger partial charge in [-0.25, -0.2) is 0 Å². The summed E-state index contributed by atoms with van der Waals surface area (Å²) in [6.07, 6.45) is 0. The molecule has 1 aromatic heterocycles. The molecule has 0 aliphatic carbocycles. The van der Waals surface area contributed by atoms with Crippen molar-refractivity contribution in [1.82, 2.24) is 4.98 Å². The van der Waals surface area contributed by atoms with E-state index < -0.39 is 0 Å². The van der Waals surface area contributed by atoms with E-state index in [1.165, 1.54) is 4.26 Å². The molecule has 0 atom stereocenters. The van der Waals surface area contributed by atoms with Gasteiger partial charge in [0.15, 0.2) is 0 Å². The minimum absolute atomic E-state index is 0.410. The SMILES string of the molecule is c1nc2cc3c(cc2[se]1)COO3. The Morgan fingerprint density at radius 1 is 1.42 bits per heavy atom. The molecule has 2 aromatic rings. The van der Waals surface area contributed by atoms with Crippen LogP contribution in [0.15, 0.2) is 17.2 Å². The second kappa shape index (κ2) is 2.33. The topological polar surface area (TPSA) is 31.4 Å². The van der Waals surface area contributed by atoms with Crippen molar-refractivity contribution in [2.75, 3.05) is 0 Å². The third-order valence-corrected chi connectivity index (χ3v) is 3.54. The van der Waals surface area contributed by atoms with Crippen LogP contribution in [0.4, 0.5) is 0 Å². The first-order valence-electron chi connectivity index (χ1n) is 3.59. The molecule has 0 spiro atoms. The molecule has 60 valence electrons. The van der Waals surface area contributed by atoms with Gasteiger partial charge in [-0.05, 0) is 0 Å². The van der Waals surface area contributed by atoms with E-state index in [-0.39, 0.29) is 0 Å². The Hall–Kier alpha value is -0.831. The van der Waals surface area contributed by atoms with Gasteiger partial charge in [0.2, 0.25) is 0 Å². The van der Waals surface area contributed by atoms with Gasteiger partial charge in [-0.15, -0.1) is 0 Å². The maximum absolute atomic E-state index is 4.96. The first kappa shape index (κ1) is 6.66. The van der Waals surface area contributed by atoms with Crippen molar-refractivity contribution >= 4 is 24.3 Å². The van der Waals surface area contributed by atoms with E-state index in [2.05, 4.69) is 11.1 Å². The first-order chi connectivity index (χ1) is 5.93. The molecular formula is C8H5NO2Se. The summed E-state index contributed by atoms with van der Waals surface area (Å²) in [6.45, 7) is 0.568. The zero-order valence-corrected chi connectivity index (χ0v) is 7.82. The van der Waals surface area contributed by atoms with Crippen LogP contribution in [-0.4, -0.2) is 19.5 Å². The third-order valence-electron chi connectivity index (χ3n) is 1.88. The summed E-state index contributed by atoms with van der Waals surface area (Å²) < 4.78 is 1.33. The predicted molar refractivity (Wildman–Crippen MR) is 44.1 cm³/mol. The van der Waals surface area contributed by atoms with Crippen LogP contribution < -0.4 is 4.89 Å². The van der Waals surface area contributed by atoms with Crippen LogP contribution in [0, 0.1) is 0 Å². The monoisotopic (exact) mass is 227 g/mol. The zero-order chi connectivity index (χ0) is 7.97. The number of fused-ring (bicyclic) bond motifs is 2. The van der Waals surface area contributed by atoms with Crippen molar-refractivity contribution < 1.29 is 9.78 Å². The molecule has 1 aromatic carbocycles. The van der Waals surface area contributed by atoms with Crippen LogP contribution in [0.5, 0.6) is 5.75 Å². The van der Waals surface area contributed by atoms with Gasteiger partial charge in [0.25, 0.3) is 0 Å². The van der Waals surface area contributed by atoms with Gasteiger partial charge in [0, 0.05) is 0 Å². The normalized spacial score (nSPS) is 14.7. The molecule has 3 nitrogen and oxygen atoms in total. The molecule has 0 unspecified atom stereocenters. The molecule has 0 saturated carbocycles. The van der Waals surface area contributed by atoms with Gasteiger partial charge >= 0.3 is 74.2 Å². The quantitative estimate of drug-likeness (QED) is 0.498. The van der Waals surface area contributed by atoms with E-state index in [4.69, 9.17) is 9.78 Å². The minimum atomic E-state index is 0.410. The molecule has 0 saturated heterocycles. The molecule has 0 N–H and O–H groups in total. The summed E-state index contributed by atoms with van der Waals surface area (Å²) in [5, 5.41) is 1.98. The standard InChI is InChI=1S/C8H5NO2Se/c1-5-3-10-11-7(5)2-6-8(1)12-4-9-6/h1-2,4H,3H2. The molecular weight excluding hydrogens is 221 g/mol. The molecule has 4 heteroatoms. The fraction of sp³-hybridized carbons (Fsp3) is 0.125. The molecule has 12 heavy (non-hydrogen) atoms. The molecule has 0 amide bonds. The van der Waals surface area contributed by atoms with Crippen LogP contribution in [-0.2, 0) is 11.5 Å². The van der Waals surface area contributed by atoms with Crippen molar-refractivity contribution in [2.45, 2.75) is 6.61 Å². The van der Waals surface area contributed by atoms with E-state index in [9.17, 15) is 0 Å². The van der Waals surface area contributed by atoms with Crippen LogP contribution >= 0.6 is 0 Å². The van der Waals surface area contributed by atoms with Crippen LogP contribution in [0.3, 0.4) is 0 Å². The number of nitrogens with zero attached hydrogens (tertiary/aromatic N) is 1. The zero-order valence-electron chi connectivity index (χ0n) is 6.11. The van der Waals surface area contributed by atoms with Crippen LogP contribution in [0.25, 0.3) is 9.78 Å². The molecule has 0 fully saturated rings. The maximum atomic E-state index is 4.96. The second-order valence-electron chi connectivity index (χ2n) is 2.63. The molecule has 0 bridgehead atoms. The van der Waals surface area contributed by atoms with Crippen molar-refractivity contribution in [2.24, 2.45) is 0 Å². The number of hydrogen-bond donors (Lipinski definition) is 0. The molecule has 3 rings (SSSR count). The summed E-state index contributed by atoms with van der Waals surface area (Å²) in [5.41, 5.74) is 2.18. The Balaban J connectivity index is 2.38. The fourth-order valence-electron chi connectivity index (χ4n) is 1.27. The van der Waals surface area contributed by atoms with E-state index in [1.54, 1.807) is 0 Å². The molecule has 0 radical (unpaired) electrons. The van der Waals surface area contributed by atoms with Crippen molar-refractivity contribution in [1.29, 1.82) is 0 Å². The predicted octanol–water partition coefficient (Wildman–Crippen LogP) is 1.12. The van der Waals surface area contributed by atoms with Gasteiger partial charge in [-0.3, -0.25) is 0 Å². The van der Waals surface area contributed by atoms with Gasteiger partial charge in [0.05, 0.1) is 0 Å². The Morgan fingerprint density at radius 3 is 3.42 bits per heavy atom. The van der Waals surface area contributed by atoms with Crippen LogP contribution in [0.2, 0.25) is 0 Å². The Bertz CT molecular complexity index is 400. The second-order valence-corrected chi connectivity index (χ2v) is 4.49. The number of hydrogen-bond acceptors (Lipinski definition) is 3. The van der Waals surface area contributed by atoms with E-state index in [0.717, 1.165) is 16.8 Å². The summed E-state index contributed by atoms with van der Waals surface area (Å²) in [7, 11) is 0. The molecule has 1 aliphatic rings. The molecule has 1 aliphatic heterocycles. The number of rotatable bonds is 0. The van der Waals surface area contributed by atoms with Crippen molar-refractivity contribution in [3.63, 3.8) is 0 Å². The Morgan fingerprint density at radius 2 is 2.42 bits per heavy atom. The van der Waals surface area contributed by atoms with Crippen LogP contribution in [0.1, 0.15) is 5.56 Å². The summed E-state index contributed by atoms with van der Waals surface area (Å²) in [4.78, 5) is 14.0. The van der Waals surface area contributed by atoms with Gasteiger partial charge in [0.1, 0.15) is 0 Å². The number of aromatic nitrogens is 1. The van der Waals surface area contributed by atoms with E-state index in [0.29, 0.717) is 21.1 Å². The summed E-state index contributed by atoms with van der Waals surface area (Å²) >= 11 is 0.410. The van der Waals surface area contributed by atoms with E-state index in [1.807, 2.05) is 11.1 Å². The molecule has 2 heterocycles. The third kappa shape index (κ3) is 0.829. The number of benzene rings is 1. The fourth-order valence-corrected chi connectivity index (χ4v) is 2.79. The van der Waals surface area contributed by atoms with Crippen molar-refractivity contribution in [3.05, 3.63) is 22.8 Å². The summed E-state index contributed by atoms with van der Waals surface area (Å²) in [6, 6.07) is 4.08. The average Bonchev–Trinajstić information content (AvgIpc) is 2.64. The van der Waals surface area contributed by atoms with Crippen molar-refractivity contribution in [3.8, 4) is 5.75 Å². The van der Waals surface area contributed by atoms with E-state index >= 15 is 0 Å².